The molecule has 1 aliphatic heterocycles. The van der Waals surface area contributed by atoms with Gasteiger partial charge in [0.05, 0.1) is 5.69 Å². The average molecular weight is 251 g/mol. The summed E-state index contributed by atoms with van der Waals surface area (Å²) in [6.07, 6.45) is 6.77. The number of nitrogens with zero attached hydrogens (tertiary/aromatic N) is 1. The lowest BCUT2D eigenvalue weighted by atomic mass is 10.2. The first-order chi connectivity index (χ1) is 9.42. The smallest absolute Gasteiger partial charge is 0.267 e. The van der Waals surface area contributed by atoms with Crippen LogP contribution in [0.4, 0.5) is 0 Å². The van der Waals surface area contributed by atoms with Crippen LogP contribution in [0, 0.1) is 0 Å². The summed E-state index contributed by atoms with van der Waals surface area (Å²) in [6.45, 7) is 0. The number of hydrogen-bond donors (Lipinski definition) is 0. The molecule has 94 valence electrons. The fourth-order valence-electron chi connectivity index (χ4n) is 1.79. The number of hydrogen-bond acceptors (Lipinski definition) is 3. The van der Waals surface area contributed by atoms with Crippen LogP contribution in [-0.4, -0.2) is 4.98 Å². The van der Waals surface area contributed by atoms with Crippen molar-refractivity contribution in [2.45, 2.75) is 6.29 Å². The number of allylic oxidation sites excluding steroid dienone is 1. The molecule has 0 spiro atoms. The average Bonchev–Trinajstić information content (AvgIpc) is 2.96. The van der Waals surface area contributed by atoms with Gasteiger partial charge >= 0.3 is 0 Å². The van der Waals surface area contributed by atoms with E-state index in [0.717, 1.165) is 11.3 Å². The molecule has 2 heterocycles. The van der Waals surface area contributed by atoms with Gasteiger partial charge in [-0.25, -0.2) is 0 Å². The minimum atomic E-state index is -0.357. The van der Waals surface area contributed by atoms with Gasteiger partial charge in [-0.15, -0.1) is 0 Å². The van der Waals surface area contributed by atoms with Crippen LogP contribution in [-0.2, 0) is 9.47 Å². The molecule has 1 aromatic heterocycles. The zero-order chi connectivity index (χ0) is 12.9. The molecule has 1 atom stereocenters. The van der Waals surface area contributed by atoms with Gasteiger partial charge in [0.25, 0.3) is 6.29 Å². The Morgan fingerprint density at radius 3 is 2.58 bits per heavy atom. The quantitative estimate of drug-likeness (QED) is 0.833. The van der Waals surface area contributed by atoms with Gasteiger partial charge in [-0.1, -0.05) is 36.4 Å². The molecule has 0 saturated heterocycles. The summed E-state index contributed by atoms with van der Waals surface area (Å²) in [7, 11) is 0. The van der Waals surface area contributed by atoms with Gasteiger partial charge in [0.1, 0.15) is 6.26 Å². The molecule has 0 saturated carbocycles. The van der Waals surface area contributed by atoms with Crippen molar-refractivity contribution in [3.8, 4) is 0 Å². The van der Waals surface area contributed by atoms with Crippen LogP contribution in [0.5, 0.6) is 0 Å². The highest BCUT2D eigenvalue weighted by Crippen LogP contribution is 2.28. The molecule has 0 bridgehead atoms. The molecule has 0 aliphatic carbocycles. The third kappa shape index (κ3) is 2.83. The maximum atomic E-state index is 5.69. The predicted octanol–water partition coefficient (Wildman–Crippen LogP) is 3.68. The molecule has 2 aromatic rings. The number of ether oxygens (including phenoxy) is 2. The van der Waals surface area contributed by atoms with E-state index < -0.39 is 0 Å². The summed E-state index contributed by atoms with van der Waals surface area (Å²) in [5.74, 6) is 0.694. The Kier molecular flexibility index (Phi) is 3.28. The van der Waals surface area contributed by atoms with Crippen LogP contribution in [0.15, 0.2) is 72.8 Å². The zero-order valence-electron chi connectivity index (χ0n) is 10.3. The molecular weight excluding hydrogens is 238 g/mol. The molecule has 19 heavy (non-hydrogen) atoms. The van der Waals surface area contributed by atoms with Gasteiger partial charge in [0.15, 0.2) is 5.76 Å². The summed E-state index contributed by atoms with van der Waals surface area (Å²) in [5, 5.41) is 0. The lowest BCUT2D eigenvalue weighted by molar-refractivity contribution is -0.0306. The molecule has 0 fully saturated rings. The van der Waals surface area contributed by atoms with Crippen LogP contribution >= 0.6 is 0 Å². The van der Waals surface area contributed by atoms with Crippen LogP contribution in [0.2, 0.25) is 0 Å². The Morgan fingerprint density at radius 1 is 0.947 bits per heavy atom. The summed E-state index contributed by atoms with van der Waals surface area (Å²) in [6, 6.07) is 15.6. The fourth-order valence-corrected chi connectivity index (χ4v) is 1.79. The summed E-state index contributed by atoms with van der Waals surface area (Å²) >= 11 is 0. The highest BCUT2D eigenvalue weighted by molar-refractivity contribution is 5.47. The first-order valence-electron chi connectivity index (χ1n) is 6.08. The van der Waals surface area contributed by atoms with E-state index in [0.29, 0.717) is 5.76 Å². The number of benzene rings is 1. The highest BCUT2D eigenvalue weighted by Gasteiger charge is 2.19. The van der Waals surface area contributed by atoms with Crippen molar-refractivity contribution in [2.24, 2.45) is 0 Å². The molecule has 3 heteroatoms. The molecule has 3 nitrogen and oxygen atoms in total. The molecule has 0 N–H and O–H groups in total. The molecular formula is C16H13NO2. The predicted molar refractivity (Wildman–Crippen MR) is 72.7 cm³/mol. The van der Waals surface area contributed by atoms with E-state index in [-0.39, 0.29) is 6.29 Å². The summed E-state index contributed by atoms with van der Waals surface area (Å²) < 4.78 is 11.2. The topological polar surface area (TPSA) is 31.4 Å². The summed E-state index contributed by atoms with van der Waals surface area (Å²) in [5.41, 5.74) is 1.88. The van der Waals surface area contributed by atoms with E-state index in [1.54, 1.807) is 12.5 Å². The lowest BCUT2D eigenvalue weighted by Gasteiger charge is -2.10. The van der Waals surface area contributed by atoms with Gasteiger partial charge in [-0.2, -0.15) is 0 Å². The van der Waals surface area contributed by atoms with Gasteiger partial charge in [0, 0.05) is 11.8 Å². The first-order valence-corrected chi connectivity index (χ1v) is 6.08. The van der Waals surface area contributed by atoms with Crippen molar-refractivity contribution < 1.29 is 9.47 Å². The Balaban J connectivity index is 1.65. The minimum absolute atomic E-state index is 0.357. The third-order valence-corrected chi connectivity index (χ3v) is 2.73. The van der Waals surface area contributed by atoms with E-state index >= 15 is 0 Å². The van der Waals surface area contributed by atoms with E-state index in [1.807, 2.05) is 60.7 Å². The van der Waals surface area contributed by atoms with Gasteiger partial charge < -0.3 is 9.47 Å². The second kappa shape index (κ2) is 5.40. The standard InChI is InChI=1S/C16H13NO2/c1-2-6-13(7-3-1)16-18-12-15(19-16)10-9-14-8-4-5-11-17-14/h1-12,16H. The second-order valence-corrected chi connectivity index (χ2v) is 4.10. The summed E-state index contributed by atoms with van der Waals surface area (Å²) in [4.78, 5) is 4.21. The maximum absolute atomic E-state index is 5.69. The normalized spacial score (nSPS) is 17.9. The number of pyridine rings is 1. The van der Waals surface area contributed by atoms with Crippen LogP contribution in [0.1, 0.15) is 17.5 Å². The SMILES string of the molecule is C(=Cc1ccccn1)C1=COC(c2ccccc2)O1. The van der Waals surface area contributed by atoms with Gasteiger partial charge in [-0.3, -0.25) is 4.98 Å². The number of rotatable bonds is 3. The van der Waals surface area contributed by atoms with Crippen LogP contribution < -0.4 is 0 Å². The van der Waals surface area contributed by atoms with E-state index in [2.05, 4.69) is 4.98 Å². The largest absolute Gasteiger partial charge is 0.454 e. The van der Waals surface area contributed by atoms with E-state index in [4.69, 9.17) is 9.47 Å². The first kappa shape index (κ1) is 11.5. The maximum Gasteiger partial charge on any atom is 0.267 e. The third-order valence-electron chi connectivity index (χ3n) is 2.73. The van der Waals surface area contributed by atoms with Gasteiger partial charge in [-0.05, 0) is 24.3 Å². The highest BCUT2D eigenvalue weighted by atomic mass is 16.7. The van der Waals surface area contributed by atoms with Crippen LogP contribution in [0.25, 0.3) is 6.08 Å². The van der Waals surface area contributed by atoms with Crippen LogP contribution in [0.3, 0.4) is 0 Å². The van der Waals surface area contributed by atoms with Crippen molar-refractivity contribution in [2.75, 3.05) is 0 Å². The Labute approximate surface area is 111 Å². The molecule has 1 aliphatic rings. The molecule has 1 aromatic carbocycles. The van der Waals surface area contributed by atoms with Crippen molar-refractivity contribution >= 4 is 6.08 Å². The lowest BCUT2D eigenvalue weighted by Crippen LogP contribution is -1.97. The van der Waals surface area contributed by atoms with Crippen molar-refractivity contribution in [1.82, 2.24) is 4.98 Å². The molecule has 0 radical (unpaired) electrons. The van der Waals surface area contributed by atoms with Gasteiger partial charge in [0.2, 0.25) is 0 Å². The van der Waals surface area contributed by atoms with Crippen molar-refractivity contribution in [1.29, 1.82) is 0 Å². The monoisotopic (exact) mass is 251 g/mol. The molecule has 1 unspecified atom stereocenters. The Morgan fingerprint density at radius 2 is 1.79 bits per heavy atom. The minimum Gasteiger partial charge on any atom is -0.454 e. The molecule has 3 rings (SSSR count). The fraction of sp³-hybridized carbons (Fsp3) is 0.0625. The Bertz CT molecular complexity index is 591. The second-order valence-electron chi connectivity index (χ2n) is 4.10. The van der Waals surface area contributed by atoms with E-state index in [1.165, 1.54) is 0 Å². The van der Waals surface area contributed by atoms with Crippen molar-refractivity contribution in [3.05, 3.63) is 84.1 Å². The number of aromatic nitrogens is 1. The Hall–Kier alpha value is -2.55. The zero-order valence-corrected chi connectivity index (χ0v) is 10.3. The molecule has 0 amide bonds. The van der Waals surface area contributed by atoms with E-state index in [9.17, 15) is 0 Å². The van der Waals surface area contributed by atoms with Crippen molar-refractivity contribution in [3.63, 3.8) is 0 Å².